The lowest BCUT2D eigenvalue weighted by molar-refractivity contribution is 0.0475. The van der Waals surface area contributed by atoms with Crippen molar-refractivity contribution in [1.29, 1.82) is 0 Å². The first-order valence-corrected chi connectivity index (χ1v) is 9.21. The van der Waals surface area contributed by atoms with Gasteiger partial charge in [-0.15, -0.1) is 0 Å². The molecule has 0 saturated heterocycles. The SMILES string of the molecule is COc1ccc(C(=O)COC(=O)c2ccccc2NS(C)(=O)=O)cc1F. The van der Waals surface area contributed by atoms with Gasteiger partial charge < -0.3 is 9.47 Å². The topological polar surface area (TPSA) is 98.8 Å². The van der Waals surface area contributed by atoms with Gasteiger partial charge in [-0.2, -0.15) is 0 Å². The van der Waals surface area contributed by atoms with Gasteiger partial charge in [0.25, 0.3) is 0 Å². The maximum Gasteiger partial charge on any atom is 0.340 e. The second-order valence-electron chi connectivity index (χ2n) is 5.27. The van der Waals surface area contributed by atoms with Crippen molar-refractivity contribution >= 4 is 27.5 Å². The molecule has 2 rings (SSSR count). The number of nitrogens with one attached hydrogen (secondary N) is 1. The van der Waals surface area contributed by atoms with Crippen LogP contribution in [0.3, 0.4) is 0 Å². The molecule has 0 fully saturated rings. The molecule has 0 aliphatic rings. The number of para-hydroxylation sites is 1. The van der Waals surface area contributed by atoms with Crippen LogP contribution < -0.4 is 9.46 Å². The summed E-state index contributed by atoms with van der Waals surface area (Å²) in [6.45, 7) is -0.627. The molecular formula is C17H16FNO6S. The van der Waals surface area contributed by atoms with Gasteiger partial charge in [0.05, 0.1) is 24.6 Å². The smallest absolute Gasteiger partial charge is 0.340 e. The van der Waals surface area contributed by atoms with E-state index in [0.717, 1.165) is 12.3 Å². The largest absolute Gasteiger partial charge is 0.494 e. The molecule has 9 heteroatoms. The summed E-state index contributed by atoms with van der Waals surface area (Å²) in [7, 11) is -2.30. The van der Waals surface area contributed by atoms with Crippen LogP contribution >= 0.6 is 0 Å². The number of ether oxygens (including phenoxy) is 2. The first kappa shape index (κ1) is 19.4. The Balaban J connectivity index is 2.09. The van der Waals surface area contributed by atoms with Gasteiger partial charge in [0.1, 0.15) is 0 Å². The van der Waals surface area contributed by atoms with Crippen molar-refractivity contribution < 1.29 is 31.9 Å². The van der Waals surface area contributed by atoms with Crippen molar-refractivity contribution in [1.82, 2.24) is 0 Å². The van der Waals surface area contributed by atoms with Crippen LogP contribution in [0.15, 0.2) is 42.5 Å². The van der Waals surface area contributed by atoms with E-state index in [0.29, 0.717) is 0 Å². The molecule has 0 atom stereocenters. The number of Topliss-reactive ketones (excluding diaryl/α,β-unsaturated/α-hetero) is 1. The number of benzene rings is 2. The predicted octanol–water partition coefficient (Wildman–Crippen LogP) is 2.25. The zero-order chi connectivity index (χ0) is 19.3. The minimum atomic E-state index is -3.60. The lowest BCUT2D eigenvalue weighted by Crippen LogP contribution is -2.17. The van der Waals surface area contributed by atoms with Gasteiger partial charge in [-0.05, 0) is 30.3 Å². The summed E-state index contributed by atoms with van der Waals surface area (Å²) in [6, 6.07) is 9.41. The molecule has 0 heterocycles. The Kier molecular flexibility index (Phi) is 5.93. The van der Waals surface area contributed by atoms with E-state index in [-0.39, 0.29) is 22.6 Å². The Bertz CT molecular complexity index is 942. The Morgan fingerprint density at radius 2 is 1.85 bits per heavy atom. The molecule has 0 spiro atoms. The summed E-state index contributed by atoms with van der Waals surface area (Å²) >= 11 is 0. The highest BCUT2D eigenvalue weighted by atomic mass is 32.2. The maximum absolute atomic E-state index is 13.6. The number of esters is 1. The van der Waals surface area contributed by atoms with Gasteiger partial charge in [0.2, 0.25) is 10.0 Å². The van der Waals surface area contributed by atoms with Crippen molar-refractivity contribution in [3.63, 3.8) is 0 Å². The Morgan fingerprint density at radius 1 is 1.15 bits per heavy atom. The van der Waals surface area contributed by atoms with Gasteiger partial charge in [-0.1, -0.05) is 12.1 Å². The maximum atomic E-state index is 13.6. The van der Waals surface area contributed by atoms with E-state index in [4.69, 9.17) is 9.47 Å². The summed E-state index contributed by atoms with van der Waals surface area (Å²) < 4.78 is 48.2. The van der Waals surface area contributed by atoms with Crippen LogP contribution in [-0.4, -0.2) is 40.1 Å². The van der Waals surface area contributed by atoms with Crippen molar-refractivity contribution in [3.05, 3.63) is 59.4 Å². The summed E-state index contributed by atoms with van der Waals surface area (Å²) in [5.41, 5.74) is -0.00627. The number of anilines is 1. The molecule has 138 valence electrons. The van der Waals surface area contributed by atoms with Gasteiger partial charge in [-0.3, -0.25) is 9.52 Å². The highest BCUT2D eigenvalue weighted by Crippen LogP contribution is 2.19. The van der Waals surface area contributed by atoms with Crippen LogP contribution in [0.2, 0.25) is 0 Å². The molecule has 7 nitrogen and oxygen atoms in total. The number of halogens is 1. The van der Waals surface area contributed by atoms with E-state index in [9.17, 15) is 22.4 Å². The van der Waals surface area contributed by atoms with Crippen LogP contribution in [0.4, 0.5) is 10.1 Å². The van der Waals surface area contributed by atoms with Crippen molar-refractivity contribution in [2.45, 2.75) is 0 Å². The number of ketones is 1. The lowest BCUT2D eigenvalue weighted by Gasteiger charge is -2.10. The highest BCUT2D eigenvalue weighted by molar-refractivity contribution is 7.92. The van der Waals surface area contributed by atoms with E-state index < -0.39 is 34.2 Å². The fourth-order valence-corrected chi connectivity index (χ4v) is 2.66. The van der Waals surface area contributed by atoms with Gasteiger partial charge in [0, 0.05) is 5.56 Å². The fourth-order valence-electron chi connectivity index (χ4n) is 2.08. The zero-order valence-corrected chi connectivity index (χ0v) is 14.8. The minimum absolute atomic E-state index is 0.0126. The Morgan fingerprint density at radius 3 is 2.46 bits per heavy atom. The van der Waals surface area contributed by atoms with Crippen molar-refractivity contribution in [2.24, 2.45) is 0 Å². The molecule has 0 unspecified atom stereocenters. The molecule has 2 aromatic rings. The monoisotopic (exact) mass is 381 g/mol. The van der Waals surface area contributed by atoms with Crippen molar-refractivity contribution in [3.8, 4) is 5.75 Å². The van der Waals surface area contributed by atoms with Crippen LogP contribution in [0.25, 0.3) is 0 Å². The molecule has 1 N–H and O–H groups in total. The molecule has 0 bridgehead atoms. The number of methoxy groups -OCH3 is 1. The standard InChI is InChI=1S/C17H16FNO6S/c1-24-16-8-7-11(9-13(16)18)15(20)10-25-17(21)12-5-3-4-6-14(12)19-26(2,22)23/h3-9,19H,10H2,1-2H3. The summed E-state index contributed by atoms with van der Waals surface area (Å²) in [5.74, 6) is -2.24. The molecule has 0 aliphatic carbocycles. The van der Waals surface area contributed by atoms with Gasteiger partial charge >= 0.3 is 5.97 Å². The molecule has 0 amide bonds. The first-order chi connectivity index (χ1) is 12.2. The number of carbonyl (C=O) groups excluding carboxylic acids is 2. The molecule has 26 heavy (non-hydrogen) atoms. The molecule has 2 aromatic carbocycles. The van der Waals surface area contributed by atoms with Crippen LogP contribution in [0, 0.1) is 5.82 Å². The zero-order valence-electron chi connectivity index (χ0n) is 14.0. The second-order valence-corrected chi connectivity index (χ2v) is 7.02. The molecule has 0 aliphatic heterocycles. The molecule has 0 saturated carbocycles. The number of rotatable bonds is 7. The fraction of sp³-hybridized carbons (Fsp3) is 0.176. The quantitative estimate of drug-likeness (QED) is 0.583. The Labute approximate surface area is 149 Å². The Hall–Kier alpha value is -2.94. The highest BCUT2D eigenvalue weighted by Gasteiger charge is 2.17. The number of sulfonamides is 1. The average molecular weight is 381 g/mol. The van der Waals surface area contributed by atoms with Crippen LogP contribution in [0.1, 0.15) is 20.7 Å². The van der Waals surface area contributed by atoms with E-state index in [1.807, 2.05) is 0 Å². The predicted molar refractivity (Wildman–Crippen MR) is 92.5 cm³/mol. The molecular weight excluding hydrogens is 365 g/mol. The number of carbonyl (C=O) groups is 2. The lowest BCUT2D eigenvalue weighted by atomic mass is 10.1. The number of hydrogen-bond donors (Lipinski definition) is 1. The van der Waals surface area contributed by atoms with E-state index in [1.54, 1.807) is 0 Å². The van der Waals surface area contributed by atoms with E-state index >= 15 is 0 Å². The second kappa shape index (κ2) is 7.96. The molecule has 0 radical (unpaired) electrons. The summed E-state index contributed by atoms with van der Waals surface area (Å²) in [5, 5.41) is 0. The van der Waals surface area contributed by atoms with Gasteiger partial charge in [-0.25, -0.2) is 17.6 Å². The summed E-state index contributed by atoms with van der Waals surface area (Å²) in [4.78, 5) is 24.2. The van der Waals surface area contributed by atoms with Crippen LogP contribution in [-0.2, 0) is 14.8 Å². The van der Waals surface area contributed by atoms with Crippen LogP contribution in [0.5, 0.6) is 5.75 Å². The average Bonchev–Trinajstić information content (AvgIpc) is 2.58. The first-order valence-electron chi connectivity index (χ1n) is 7.32. The third-order valence-electron chi connectivity index (χ3n) is 3.25. The third-order valence-corrected chi connectivity index (χ3v) is 3.84. The number of hydrogen-bond acceptors (Lipinski definition) is 6. The minimum Gasteiger partial charge on any atom is -0.494 e. The van der Waals surface area contributed by atoms with Gasteiger partial charge in [0.15, 0.2) is 24.0 Å². The third kappa shape index (κ3) is 5.03. The van der Waals surface area contributed by atoms with Crippen molar-refractivity contribution in [2.75, 3.05) is 24.7 Å². The van der Waals surface area contributed by atoms with E-state index in [2.05, 4.69) is 4.72 Å². The normalized spacial score (nSPS) is 10.9. The molecule has 0 aromatic heterocycles. The summed E-state index contributed by atoms with van der Waals surface area (Å²) in [6.07, 6.45) is 0.941. The van der Waals surface area contributed by atoms with E-state index in [1.165, 1.54) is 43.5 Å².